The topological polar surface area (TPSA) is 33.0 Å². The van der Waals surface area contributed by atoms with Gasteiger partial charge in [0.1, 0.15) is 0 Å². The molecule has 2 rings (SSSR count). The summed E-state index contributed by atoms with van der Waals surface area (Å²) in [5.41, 5.74) is 3.00. The molecule has 0 radical (unpaired) electrons. The van der Waals surface area contributed by atoms with Crippen LogP contribution in [-0.4, -0.2) is 6.61 Å². The third-order valence-electron chi connectivity index (χ3n) is 2.99. The molecule has 0 aromatic heterocycles. The molecule has 0 saturated heterocycles. The Bertz CT molecular complexity index is 543. The van der Waals surface area contributed by atoms with Crippen molar-refractivity contribution in [3.8, 4) is 6.07 Å². The van der Waals surface area contributed by atoms with Crippen LogP contribution in [0.25, 0.3) is 0 Å². The van der Waals surface area contributed by atoms with Crippen molar-refractivity contribution in [1.29, 1.82) is 5.26 Å². The first-order chi connectivity index (χ1) is 9.40. The van der Waals surface area contributed by atoms with Gasteiger partial charge in [-0.15, -0.1) is 0 Å². The third kappa shape index (κ3) is 4.24. The van der Waals surface area contributed by atoms with Gasteiger partial charge in [-0.05, 0) is 30.0 Å². The van der Waals surface area contributed by atoms with E-state index in [2.05, 4.69) is 30.3 Å². The average Bonchev–Trinajstić information content (AvgIpc) is 2.48. The summed E-state index contributed by atoms with van der Waals surface area (Å²) in [7, 11) is 0. The summed E-state index contributed by atoms with van der Waals surface area (Å²) in [6, 6.07) is 20.1. The molecule has 0 heterocycles. The first-order valence-electron chi connectivity index (χ1n) is 6.50. The number of rotatable bonds is 6. The molecular weight excluding hydrogens is 234 g/mol. The molecule has 0 aliphatic carbocycles. The highest BCUT2D eigenvalue weighted by Gasteiger charge is 2.00. The fourth-order valence-electron chi connectivity index (χ4n) is 1.96. The van der Waals surface area contributed by atoms with E-state index in [-0.39, 0.29) is 0 Å². The molecule has 0 N–H and O–H groups in total. The number of hydrogen-bond acceptors (Lipinski definition) is 2. The summed E-state index contributed by atoms with van der Waals surface area (Å²) in [5, 5.41) is 8.96. The number of ether oxygens (including phenoxy) is 1. The van der Waals surface area contributed by atoms with Crippen LogP contribution in [0.5, 0.6) is 0 Å². The predicted octanol–water partition coefficient (Wildman–Crippen LogP) is 3.71. The maximum atomic E-state index is 8.96. The Balaban J connectivity index is 1.71. The van der Waals surface area contributed by atoms with Gasteiger partial charge in [-0.1, -0.05) is 48.5 Å². The Labute approximate surface area is 114 Å². The molecule has 0 unspecified atom stereocenters. The van der Waals surface area contributed by atoms with Crippen molar-refractivity contribution in [3.63, 3.8) is 0 Å². The van der Waals surface area contributed by atoms with Gasteiger partial charge in [0.05, 0.1) is 18.2 Å². The summed E-state index contributed by atoms with van der Waals surface area (Å²) >= 11 is 0. The van der Waals surface area contributed by atoms with Crippen LogP contribution in [0.4, 0.5) is 0 Å². The molecule has 2 heteroatoms. The van der Waals surface area contributed by atoms with Crippen LogP contribution in [0.15, 0.2) is 54.6 Å². The highest BCUT2D eigenvalue weighted by Crippen LogP contribution is 2.09. The van der Waals surface area contributed by atoms with Crippen LogP contribution in [0, 0.1) is 11.3 Å². The maximum absolute atomic E-state index is 8.96. The van der Waals surface area contributed by atoms with Crippen molar-refractivity contribution in [2.75, 3.05) is 6.61 Å². The molecule has 0 bridgehead atoms. The monoisotopic (exact) mass is 251 g/mol. The molecular formula is C17H17NO. The van der Waals surface area contributed by atoms with Crippen molar-refractivity contribution < 1.29 is 4.74 Å². The lowest BCUT2D eigenvalue weighted by Crippen LogP contribution is -1.99. The van der Waals surface area contributed by atoms with Crippen LogP contribution < -0.4 is 0 Å². The van der Waals surface area contributed by atoms with Gasteiger partial charge in [0.25, 0.3) is 0 Å². The van der Waals surface area contributed by atoms with Gasteiger partial charge in [0.15, 0.2) is 0 Å². The smallest absolute Gasteiger partial charge is 0.0995 e. The second-order valence-corrected chi connectivity index (χ2v) is 4.41. The zero-order valence-corrected chi connectivity index (χ0v) is 10.9. The van der Waals surface area contributed by atoms with E-state index in [1.165, 1.54) is 5.56 Å². The molecule has 2 aromatic rings. The van der Waals surface area contributed by atoms with Crippen molar-refractivity contribution in [1.82, 2.24) is 0 Å². The van der Waals surface area contributed by atoms with Crippen molar-refractivity contribution in [3.05, 3.63) is 71.3 Å². The fraction of sp³-hybridized carbons (Fsp3) is 0.235. The summed E-state index contributed by atoms with van der Waals surface area (Å²) < 4.78 is 5.63. The van der Waals surface area contributed by atoms with E-state index in [0.717, 1.165) is 18.4 Å². The molecule has 0 aliphatic rings. The molecule has 0 saturated carbocycles. The summed E-state index contributed by atoms with van der Waals surface area (Å²) in [5.74, 6) is 0. The predicted molar refractivity (Wildman–Crippen MR) is 75.6 cm³/mol. The molecule has 19 heavy (non-hydrogen) atoms. The van der Waals surface area contributed by atoms with E-state index in [0.29, 0.717) is 18.8 Å². The van der Waals surface area contributed by atoms with Crippen LogP contribution in [0.3, 0.4) is 0 Å². The second kappa shape index (κ2) is 7.35. The molecule has 2 nitrogen and oxygen atoms in total. The van der Waals surface area contributed by atoms with Crippen LogP contribution in [0.2, 0.25) is 0 Å². The quantitative estimate of drug-likeness (QED) is 0.733. The standard InChI is InChI=1S/C17H17NO/c18-13-16-10-4-5-11-17(16)14-19-12-6-9-15-7-2-1-3-8-15/h1-5,7-8,10-11H,6,9,12,14H2. The Morgan fingerprint density at radius 1 is 0.947 bits per heavy atom. The Morgan fingerprint density at radius 3 is 2.47 bits per heavy atom. The average molecular weight is 251 g/mol. The van der Waals surface area contributed by atoms with Gasteiger partial charge in [-0.3, -0.25) is 0 Å². The van der Waals surface area contributed by atoms with Crippen molar-refractivity contribution in [2.24, 2.45) is 0 Å². The molecule has 0 amide bonds. The van der Waals surface area contributed by atoms with Gasteiger partial charge in [0, 0.05) is 6.61 Å². The van der Waals surface area contributed by atoms with E-state index in [4.69, 9.17) is 10.00 Å². The highest BCUT2D eigenvalue weighted by atomic mass is 16.5. The van der Waals surface area contributed by atoms with Crippen LogP contribution >= 0.6 is 0 Å². The fourth-order valence-corrected chi connectivity index (χ4v) is 1.96. The summed E-state index contributed by atoms with van der Waals surface area (Å²) in [6.45, 7) is 1.23. The van der Waals surface area contributed by atoms with E-state index in [1.807, 2.05) is 30.3 Å². The van der Waals surface area contributed by atoms with E-state index >= 15 is 0 Å². The molecule has 96 valence electrons. The van der Waals surface area contributed by atoms with Gasteiger partial charge in [-0.25, -0.2) is 0 Å². The number of nitriles is 1. The summed E-state index contributed by atoms with van der Waals surface area (Å²) in [6.07, 6.45) is 2.03. The minimum absolute atomic E-state index is 0.512. The molecule has 2 aromatic carbocycles. The van der Waals surface area contributed by atoms with E-state index < -0.39 is 0 Å². The summed E-state index contributed by atoms with van der Waals surface area (Å²) in [4.78, 5) is 0. The van der Waals surface area contributed by atoms with Gasteiger partial charge < -0.3 is 4.74 Å². The number of benzene rings is 2. The van der Waals surface area contributed by atoms with Gasteiger partial charge in [-0.2, -0.15) is 5.26 Å². The SMILES string of the molecule is N#Cc1ccccc1COCCCc1ccccc1. The van der Waals surface area contributed by atoms with Crippen molar-refractivity contribution in [2.45, 2.75) is 19.4 Å². The number of hydrogen-bond donors (Lipinski definition) is 0. The zero-order valence-electron chi connectivity index (χ0n) is 10.9. The minimum atomic E-state index is 0.512. The number of nitrogens with zero attached hydrogens (tertiary/aromatic N) is 1. The second-order valence-electron chi connectivity index (χ2n) is 4.41. The van der Waals surface area contributed by atoms with E-state index in [1.54, 1.807) is 0 Å². The highest BCUT2D eigenvalue weighted by molar-refractivity contribution is 5.36. The Morgan fingerprint density at radius 2 is 1.68 bits per heavy atom. The first kappa shape index (κ1) is 13.3. The first-order valence-corrected chi connectivity index (χ1v) is 6.50. The lowest BCUT2D eigenvalue weighted by Gasteiger charge is -2.06. The van der Waals surface area contributed by atoms with Crippen LogP contribution in [0.1, 0.15) is 23.1 Å². The Hall–Kier alpha value is -2.11. The molecule has 0 atom stereocenters. The normalized spacial score (nSPS) is 10.1. The minimum Gasteiger partial charge on any atom is -0.377 e. The molecule has 0 fully saturated rings. The third-order valence-corrected chi connectivity index (χ3v) is 2.99. The lowest BCUT2D eigenvalue weighted by molar-refractivity contribution is 0.118. The largest absolute Gasteiger partial charge is 0.377 e. The van der Waals surface area contributed by atoms with Gasteiger partial charge >= 0.3 is 0 Å². The zero-order chi connectivity index (χ0) is 13.3. The maximum Gasteiger partial charge on any atom is 0.0995 e. The van der Waals surface area contributed by atoms with Crippen molar-refractivity contribution >= 4 is 0 Å². The van der Waals surface area contributed by atoms with Crippen LogP contribution in [-0.2, 0) is 17.8 Å². The molecule has 0 aliphatic heterocycles. The van der Waals surface area contributed by atoms with Gasteiger partial charge in [0.2, 0.25) is 0 Å². The Kier molecular flexibility index (Phi) is 5.16. The number of aryl methyl sites for hydroxylation is 1. The lowest BCUT2D eigenvalue weighted by atomic mass is 10.1. The molecule has 0 spiro atoms. The van der Waals surface area contributed by atoms with E-state index in [9.17, 15) is 0 Å².